The maximum atomic E-state index is 12.7. The van der Waals surface area contributed by atoms with Crippen LogP contribution in [0.5, 0.6) is 0 Å². The van der Waals surface area contributed by atoms with E-state index >= 15 is 0 Å². The molecule has 0 aliphatic heterocycles. The average molecular weight is 364 g/mol. The summed E-state index contributed by atoms with van der Waals surface area (Å²) in [5.41, 5.74) is 5.40. The monoisotopic (exact) mass is 364 g/mol. The Kier molecular flexibility index (Phi) is 7.51. The lowest BCUT2D eigenvalue weighted by molar-refractivity contribution is -0.123. The van der Waals surface area contributed by atoms with Crippen LogP contribution in [0.25, 0.3) is 0 Å². The summed E-state index contributed by atoms with van der Waals surface area (Å²) in [6.45, 7) is 4.25. The van der Waals surface area contributed by atoms with Crippen molar-refractivity contribution in [3.8, 4) is 0 Å². The Labute approximate surface area is 153 Å². The van der Waals surface area contributed by atoms with Crippen molar-refractivity contribution in [1.82, 2.24) is 19.4 Å². The van der Waals surface area contributed by atoms with Gasteiger partial charge in [0.05, 0.1) is 6.20 Å². The van der Waals surface area contributed by atoms with Crippen molar-refractivity contribution >= 4 is 23.5 Å². The van der Waals surface area contributed by atoms with Crippen LogP contribution in [0.4, 0.5) is 5.82 Å². The van der Waals surface area contributed by atoms with Gasteiger partial charge in [-0.05, 0) is 20.0 Å². The number of amides is 3. The summed E-state index contributed by atoms with van der Waals surface area (Å²) in [6, 6.07) is -0.744. The summed E-state index contributed by atoms with van der Waals surface area (Å²) in [4.78, 5) is 43.5. The third kappa shape index (κ3) is 5.41. The molecule has 0 aliphatic rings. The minimum Gasteiger partial charge on any atom is -0.368 e. The van der Waals surface area contributed by atoms with Crippen LogP contribution in [-0.2, 0) is 16.6 Å². The van der Waals surface area contributed by atoms with Crippen molar-refractivity contribution in [3.05, 3.63) is 24.2 Å². The SMILES string of the molecule is CC(C)[C@H](C(N)=O)N(C)C(=O)c1ncc(NC(=O)/C=C/CN(C)C)n1C. The number of nitrogens with one attached hydrogen (secondary N) is 1. The molecule has 1 rings (SSSR count). The molecule has 0 fully saturated rings. The van der Waals surface area contributed by atoms with Crippen LogP contribution < -0.4 is 11.1 Å². The molecule has 0 saturated carbocycles. The number of carbonyl (C=O) groups is 3. The predicted molar refractivity (Wildman–Crippen MR) is 99.4 cm³/mol. The van der Waals surface area contributed by atoms with Crippen LogP contribution in [0.1, 0.15) is 24.5 Å². The van der Waals surface area contributed by atoms with E-state index in [4.69, 9.17) is 5.73 Å². The summed E-state index contributed by atoms with van der Waals surface area (Å²) in [7, 11) is 6.92. The quantitative estimate of drug-likeness (QED) is 0.633. The highest BCUT2D eigenvalue weighted by Gasteiger charge is 2.30. The number of nitrogens with zero attached hydrogens (tertiary/aromatic N) is 4. The van der Waals surface area contributed by atoms with Crippen LogP contribution in [0.2, 0.25) is 0 Å². The van der Waals surface area contributed by atoms with Crippen molar-refractivity contribution in [2.75, 3.05) is 33.0 Å². The third-order valence-electron chi connectivity index (χ3n) is 3.83. The molecule has 0 radical (unpaired) electrons. The second-order valence-electron chi connectivity index (χ2n) is 6.69. The van der Waals surface area contributed by atoms with Crippen LogP contribution in [0.15, 0.2) is 18.3 Å². The van der Waals surface area contributed by atoms with E-state index in [9.17, 15) is 14.4 Å². The highest BCUT2D eigenvalue weighted by Crippen LogP contribution is 2.15. The minimum atomic E-state index is -0.744. The summed E-state index contributed by atoms with van der Waals surface area (Å²) >= 11 is 0. The molecule has 0 unspecified atom stereocenters. The van der Waals surface area contributed by atoms with Gasteiger partial charge in [-0.15, -0.1) is 0 Å². The average Bonchev–Trinajstić information content (AvgIpc) is 2.86. The Balaban J connectivity index is 2.91. The standard InChI is InChI=1S/C17H28N6O3/c1-11(2)14(15(18)25)23(6)17(26)16-19-10-12(22(16)5)20-13(24)8-7-9-21(3)4/h7-8,10-11,14H,9H2,1-6H3,(H2,18,25)(H,20,24)/b8-7+/t14-/m1/s1. The van der Waals surface area contributed by atoms with Gasteiger partial charge in [-0.25, -0.2) is 4.98 Å². The zero-order valence-electron chi connectivity index (χ0n) is 16.2. The van der Waals surface area contributed by atoms with Gasteiger partial charge in [-0.2, -0.15) is 0 Å². The van der Waals surface area contributed by atoms with E-state index in [1.54, 1.807) is 13.1 Å². The molecule has 1 heterocycles. The summed E-state index contributed by atoms with van der Waals surface area (Å²) < 4.78 is 1.47. The van der Waals surface area contributed by atoms with E-state index < -0.39 is 17.9 Å². The fraction of sp³-hybridized carbons (Fsp3) is 0.529. The highest BCUT2D eigenvalue weighted by atomic mass is 16.2. The van der Waals surface area contributed by atoms with E-state index in [1.165, 1.54) is 28.8 Å². The van der Waals surface area contributed by atoms with Gasteiger partial charge in [-0.3, -0.25) is 14.4 Å². The van der Waals surface area contributed by atoms with E-state index in [0.717, 1.165) is 0 Å². The van der Waals surface area contributed by atoms with E-state index in [0.29, 0.717) is 12.4 Å². The van der Waals surface area contributed by atoms with Gasteiger partial charge in [0.15, 0.2) is 0 Å². The smallest absolute Gasteiger partial charge is 0.290 e. The number of carbonyl (C=O) groups excluding carboxylic acids is 3. The normalized spacial score (nSPS) is 12.6. The number of nitrogens with two attached hydrogens (primary N) is 1. The Hall–Kier alpha value is -2.68. The number of likely N-dealkylation sites (N-methyl/N-ethyl adjacent to an activating group) is 2. The first kappa shape index (κ1) is 21.4. The Morgan fingerprint density at radius 2 is 1.92 bits per heavy atom. The molecule has 0 spiro atoms. The number of aromatic nitrogens is 2. The summed E-state index contributed by atoms with van der Waals surface area (Å²) in [5.74, 6) is -1.01. The number of hydrogen-bond acceptors (Lipinski definition) is 5. The molecule has 144 valence electrons. The van der Waals surface area contributed by atoms with Crippen LogP contribution >= 0.6 is 0 Å². The molecule has 0 aromatic carbocycles. The van der Waals surface area contributed by atoms with Crippen molar-refractivity contribution in [3.63, 3.8) is 0 Å². The van der Waals surface area contributed by atoms with E-state index in [1.807, 2.05) is 32.8 Å². The topological polar surface area (TPSA) is 114 Å². The number of primary amides is 1. The lowest BCUT2D eigenvalue weighted by Crippen LogP contribution is -2.49. The Morgan fingerprint density at radius 3 is 2.42 bits per heavy atom. The number of hydrogen-bond donors (Lipinski definition) is 2. The van der Waals surface area contributed by atoms with Crippen molar-refractivity contribution < 1.29 is 14.4 Å². The molecule has 0 bridgehead atoms. The van der Waals surface area contributed by atoms with Gasteiger partial charge >= 0.3 is 0 Å². The van der Waals surface area contributed by atoms with Gasteiger partial charge < -0.3 is 25.4 Å². The first-order valence-electron chi connectivity index (χ1n) is 8.26. The second kappa shape index (κ2) is 9.14. The molecule has 26 heavy (non-hydrogen) atoms. The maximum absolute atomic E-state index is 12.7. The van der Waals surface area contributed by atoms with Gasteiger partial charge in [-0.1, -0.05) is 19.9 Å². The molecular weight excluding hydrogens is 336 g/mol. The lowest BCUT2D eigenvalue weighted by atomic mass is 10.0. The molecule has 1 atom stereocenters. The maximum Gasteiger partial charge on any atom is 0.290 e. The molecule has 9 heteroatoms. The van der Waals surface area contributed by atoms with E-state index in [2.05, 4.69) is 10.3 Å². The molecule has 0 saturated heterocycles. The fourth-order valence-electron chi connectivity index (χ4n) is 2.51. The summed E-state index contributed by atoms with van der Waals surface area (Å²) in [6.07, 6.45) is 4.54. The molecule has 3 amide bonds. The van der Waals surface area contributed by atoms with Crippen LogP contribution in [0, 0.1) is 5.92 Å². The van der Waals surface area contributed by atoms with Gasteiger partial charge in [0.1, 0.15) is 11.9 Å². The molecule has 9 nitrogen and oxygen atoms in total. The first-order chi connectivity index (χ1) is 12.1. The van der Waals surface area contributed by atoms with Crippen molar-refractivity contribution in [2.45, 2.75) is 19.9 Å². The predicted octanol–water partition coefficient (Wildman–Crippen LogP) is 0.0583. The Morgan fingerprint density at radius 1 is 1.31 bits per heavy atom. The fourth-order valence-corrected chi connectivity index (χ4v) is 2.51. The van der Waals surface area contributed by atoms with Gasteiger partial charge in [0.2, 0.25) is 17.6 Å². The molecule has 1 aromatic rings. The third-order valence-corrected chi connectivity index (χ3v) is 3.83. The lowest BCUT2D eigenvalue weighted by Gasteiger charge is -2.28. The molecule has 1 aromatic heterocycles. The van der Waals surface area contributed by atoms with Crippen LogP contribution in [-0.4, -0.2) is 70.8 Å². The molecule has 3 N–H and O–H groups in total. The Bertz CT molecular complexity index is 693. The second-order valence-corrected chi connectivity index (χ2v) is 6.69. The zero-order chi connectivity index (χ0) is 20.0. The van der Waals surface area contributed by atoms with Crippen LogP contribution in [0.3, 0.4) is 0 Å². The van der Waals surface area contributed by atoms with E-state index in [-0.39, 0.29) is 17.6 Å². The zero-order valence-corrected chi connectivity index (χ0v) is 16.2. The minimum absolute atomic E-state index is 0.104. The first-order valence-corrected chi connectivity index (χ1v) is 8.26. The molecule has 0 aliphatic carbocycles. The molecular formula is C17H28N6O3. The largest absolute Gasteiger partial charge is 0.368 e. The summed E-state index contributed by atoms with van der Waals surface area (Å²) in [5, 5.41) is 2.67. The number of imidazole rings is 1. The van der Waals surface area contributed by atoms with Gasteiger partial charge in [0.25, 0.3) is 5.91 Å². The van der Waals surface area contributed by atoms with Crippen molar-refractivity contribution in [1.29, 1.82) is 0 Å². The highest BCUT2D eigenvalue weighted by molar-refractivity contribution is 6.00. The number of anilines is 1. The van der Waals surface area contributed by atoms with Gasteiger partial charge in [0, 0.05) is 26.7 Å². The van der Waals surface area contributed by atoms with Crippen molar-refractivity contribution in [2.24, 2.45) is 18.7 Å². The number of rotatable bonds is 8.